The normalized spacial score (nSPS) is 13.4. The van der Waals surface area contributed by atoms with Gasteiger partial charge in [0.1, 0.15) is 0 Å². The molecule has 0 spiro atoms. The number of ether oxygens (including phenoxy) is 2. The summed E-state index contributed by atoms with van der Waals surface area (Å²) in [6.45, 7) is 27.6. The Balaban J connectivity index is 1.03. The molecule has 0 unspecified atom stereocenters. The average molecular weight is 1200 g/mol. The largest absolute Gasteiger partial charge is 0.454 e. The minimum absolute atomic E-state index is 0.0316. The second kappa shape index (κ2) is 22.9. The Morgan fingerprint density at radius 1 is 0.239 bits per heavy atom. The molecular weight excluding hydrogens is 1110 g/mol. The Bertz CT molecular complexity index is 4390. The van der Waals surface area contributed by atoms with Crippen molar-refractivity contribution >= 4 is 0 Å². The minimum Gasteiger partial charge on any atom is -0.454 e. The summed E-state index contributed by atoms with van der Waals surface area (Å²) in [4.78, 5) is 0. The van der Waals surface area contributed by atoms with Gasteiger partial charge in [0.05, 0.1) is 5.41 Å². The van der Waals surface area contributed by atoms with Crippen LogP contribution in [0.2, 0.25) is 0 Å². The third-order valence-electron chi connectivity index (χ3n) is 19.4. The van der Waals surface area contributed by atoms with Crippen LogP contribution in [0.5, 0.6) is 11.5 Å². The summed E-state index contributed by atoms with van der Waals surface area (Å²) >= 11 is 0. The molecule has 2 heteroatoms. The van der Waals surface area contributed by atoms with Crippen molar-refractivity contribution in [3.63, 3.8) is 0 Å². The van der Waals surface area contributed by atoms with Crippen LogP contribution in [0.15, 0.2) is 267 Å². The SMILES string of the molecule is CC(C)(C)c1ccc(-c2cc(-c3ccc(C(C)(C)C)cc3)cc(-c3cccc(C4(c5cccc(-c6cc(-c7ccc(C(C)(C)C)cc7)cc(-c7ccc(C(C)(C)C)cc7)c6)c5)c5cc6c(cc5-c5c(-c7ccccc7-c7ccccc7)cccc54)OCO6)c3)c2)cc1. The molecule has 1 heterocycles. The summed E-state index contributed by atoms with van der Waals surface area (Å²) in [6, 6.07) is 101. The number of rotatable bonds is 10. The summed E-state index contributed by atoms with van der Waals surface area (Å²) in [5.41, 5.74) is 30.2. The topological polar surface area (TPSA) is 18.5 Å². The maximum atomic E-state index is 6.47. The molecule has 2 nitrogen and oxygen atoms in total. The van der Waals surface area contributed by atoms with E-state index in [4.69, 9.17) is 9.47 Å². The van der Waals surface area contributed by atoms with E-state index in [0.29, 0.717) is 0 Å². The van der Waals surface area contributed by atoms with Crippen molar-refractivity contribution in [1.82, 2.24) is 0 Å². The van der Waals surface area contributed by atoms with Crippen LogP contribution in [-0.4, -0.2) is 6.79 Å². The maximum Gasteiger partial charge on any atom is 0.231 e. The number of hydrogen-bond acceptors (Lipinski definition) is 2. The Labute approximate surface area is 546 Å². The highest BCUT2D eigenvalue weighted by Gasteiger charge is 2.49. The van der Waals surface area contributed by atoms with E-state index in [1.54, 1.807) is 0 Å². The van der Waals surface area contributed by atoms with Crippen LogP contribution in [0.3, 0.4) is 0 Å². The van der Waals surface area contributed by atoms with E-state index in [1.807, 2.05) is 0 Å². The van der Waals surface area contributed by atoms with Crippen LogP contribution in [0.1, 0.15) is 128 Å². The third-order valence-corrected chi connectivity index (χ3v) is 19.4. The average Bonchev–Trinajstić information content (AvgIpc) is 1.52. The summed E-state index contributed by atoms with van der Waals surface area (Å²) in [6.07, 6.45) is 0. The number of benzene rings is 12. The molecule has 0 saturated heterocycles. The summed E-state index contributed by atoms with van der Waals surface area (Å²) in [5, 5.41) is 0. The van der Waals surface area contributed by atoms with E-state index in [0.717, 1.165) is 61.6 Å². The molecule has 0 aromatic heterocycles. The minimum atomic E-state index is -0.868. The van der Waals surface area contributed by atoms with E-state index >= 15 is 0 Å². The monoisotopic (exact) mass is 1190 g/mol. The Morgan fingerprint density at radius 3 is 0.978 bits per heavy atom. The van der Waals surface area contributed by atoms with Gasteiger partial charge in [-0.15, -0.1) is 0 Å². The molecule has 12 aromatic rings. The first-order valence-electron chi connectivity index (χ1n) is 32.8. The van der Waals surface area contributed by atoms with Gasteiger partial charge in [-0.3, -0.25) is 0 Å². The lowest BCUT2D eigenvalue weighted by molar-refractivity contribution is 0.174. The molecule has 0 bridgehead atoms. The maximum absolute atomic E-state index is 6.47. The van der Waals surface area contributed by atoms with E-state index in [1.165, 1.54) is 94.6 Å². The van der Waals surface area contributed by atoms with Crippen LogP contribution in [0.25, 0.3) is 100 Å². The lowest BCUT2D eigenvalue weighted by Crippen LogP contribution is -2.28. The molecule has 1 aliphatic heterocycles. The molecule has 0 N–H and O–H groups in total. The van der Waals surface area contributed by atoms with Crippen molar-refractivity contribution in [2.75, 3.05) is 6.79 Å². The molecule has 0 radical (unpaired) electrons. The molecule has 0 fully saturated rings. The first-order chi connectivity index (χ1) is 44.1. The second-order valence-corrected chi connectivity index (χ2v) is 29.7. The molecule has 454 valence electrons. The molecule has 1 aliphatic carbocycles. The molecule has 0 amide bonds. The smallest absolute Gasteiger partial charge is 0.231 e. The highest BCUT2D eigenvalue weighted by Crippen LogP contribution is 2.62. The highest BCUT2D eigenvalue weighted by molar-refractivity contribution is 6.00. The van der Waals surface area contributed by atoms with Gasteiger partial charge in [0.15, 0.2) is 11.5 Å². The molecule has 12 aromatic carbocycles. The lowest BCUT2D eigenvalue weighted by atomic mass is 9.66. The first kappa shape index (κ1) is 59.8. The lowest BCUT2D eigenvalue weighted by Gasteiger charge is -2.35. The molecule has 92 heavy (non-hydrogen) atoms. The van der Waals surface area contributed by atoms with Crippen molar-refractivity contribution in [2.45, 2.75) is 110 Å². The Morgan fingerprint density at radius 2 is 0.576 bits per heavy atom. The van der Waals surface area contributed by atoms with Crippen molar-refractivity contribution in [2.24, 2.45) is 0 Å². The van der Waals surface area contributed by atoms with E-state index < -0.39 is 5.41 Å². The quantitative estimate of drug-likeness (QED) is 0.136. The van der Waals surface area contributed by atoms with Crippen LogP contribution in [-0.2, 0) is 27.1 Å². The van der Waals surface area contributed by atoms with Crippen LogP contribution < -0.4 is 9.47 Å². The van der Waals surface area contributed by atoms with Gasteiger partial charge in [-0.25, -0.2) is 0 Å². The fourth-order valence-electron chi connectivity index (χ4n) is 14.1. The first-order valence-corrected chi connectivity index (χ1v) is 32.8. The van der Waals surface area contributed by atoms with Crippen LogP contribution in [0, 0.1) is 0 Å². The van der Waals surface area contributed by atoms with Gasteiger partial charge in [0.25, 0.3) is 0 Å². The summed E-state index contributed by atoms with van der Waals surface area (Å²) in [7, 11) is 0. The van der Waals surface area contributed by atoms with E-state index in [-0.39, 0.29) is 28.5 Å². The van der Waals surface area contributed by atoms with Crippen LogP contribution >= 0.6 is 0 Å². The van der Waals surface area contributed by atoms with Gasteiger partial charge in [0.2, 0.25) is 6.79 Å². The molecular formula is C90H82O2. The van der Waals surface area contributed by atoms with Crippen LogP contribution in [0.4, 0.5) is 0 Å². The van der Waals surface area contributed by atoms with Crippen molar-refractivity contribution in [3.05, 3.63) is 311 Å². The van der Waals surface area contributed by atoms with E-state index in [9.17, 15) is 0 Å². The van der Waals surface area contributed by atoms with Gasteiger partial charge < -0.3 is 9.47 Å². The van der Waals surface area contributed by atoms with E-state index in [2.05, 4.69) is 350 Å². The van der Waals surface area contributed by atoms with Gasteiger partial charge in [-0.2, -0.15) is 0 Å². The molecule has 0 atom stereocenters. The standard InChI is InChI=1S/C90H82O2/c1-86(2,3)71-39-31-58(32-40-71)65-47-66(59-33-41-72(42-34-59)87(4,5)6)50-69(49-65)63-23-18-25-75(53-63)90(81-30-20-29-79(78-28-17-16-27-77(78)62-21-14-13-15-22-62)85(81)80-55-83-84(56-82(80)90)92-57-91-83)76-26-19-24-64(54-76)70-51-67(60-35-43-73(44-36-60)88(7,8)9)48-68(52-70)61-37-45-74(46-38-61)89(10,11)12/h13-56H,57H2,1-12H3. The van der Waals surface area contributed by atoms with Gasteiger partial charge in [0, 0.05) is 0 Å². The molecule has 14 rings (SSSR count). The predicted molar refractivity (Wildman–Crippen MR) is 388 cm³/mol. The zero-order valence-corrected chi connectivity index (χ0v) is 55.4. The summed E-state index contributed by atoms with van der Waals surface area (Å²) in [5.74, 6) is 1.50. The summed E-state index contributed by atoms with van der Waals surface area (Å²) < 4.78 is 12.8. The van der Waals surface area contributed by atoms with Gasteiger partial charge in [-0.1, -0.05) is 289 Å². The van der Waals surface area contributed by atoms with Gasteiger partial charge in [-0.05, 0) is 227 Å². The zero-order chi connectivity index (χ0) is 63.9. The van der Waals surface area contributed by atoms with Crippen molar-refractivity contribution in [1.29, 1.82) is 0 Å². The zero-order valence-electron chi connectivity index (χ0n) is 55.4. The third kappa shape index (κ3) is 11.1. The second-order valence-electron chi connectivity index (χ2n) is 29.7. The predicted octanol–water partition coefficient (Wildman–Crippen LogP) is 24.3. The Kier molecular flexibility index (Phi) is 14.9. The number of hydrogen-bond donors (Lipinski definition) is 0. The van der Waals surface area contributed by atoms with Crippen molar-refractivity contribution < 1.29 is 9.47 Å². The fourth-order valence-corrected chi connectivity index (χ4v) is 14.1. The fraction of sp³-hybridized carbons (Fsp3) is 0.200. The highest BCUT2D eigenvalue weighted by atomic mass is 16.7. The van der Waals surface area contributed by atoms with Gasteiger partial charge >= 0.3 is 0 Å². The molecule has 0 saturated carbocycles. The van der Waals surface area contributed by atoms with Crippen molar-refractivity contribution in [3.8, 4) is 112 Å². The number of fused-ring (bicyclic) bond motifs is 4. The Hall–Kier alpha value is -9.76. The molecule has 2 aliphatic rings.